The van der Waals surface area contributed by atoms with Crippen LogP contribution in [0.15, 0.2) is 83.2 Å². The highest BCUT2D eigenvalue weighted by molar-refractivity contribution is 6.93. The average Bonchev–Trinajstić information content (AvgIpc) is 3.74. The number of unbranched alkanes of at least 4 members (excludes halogenated alkanes) is 3. The van der Waals surface area contributed by atoms with E-state index in [0.717, 1.165) is 12.8 Å². The molecule has 0 N–H and O–H groups in total. The van der Waals surface area contributed by atoms with E-state index in [9.17, 15) is 0 Å². The summed E-state index contributed by atoms with van der Waals surface area (Å²) in [4.78, 5) is 0. The van der Waals surface area contributed by atoms with Crippen molar-refractivity contribution in [2.24, 2.45) is 0 Å². The first kappa shape index (κ1) is 40.2. The van der Waals surface area contributed by atoms with Crippen LogP contribution in [-0.4, -0.2) is 8.07 Å². The van der Waals surface area contributed by atoms with Gasteiger partial charge in [0.25, 0.3) is 0 Å². The molecule has 0 aromatic heterocycles. The first-order valence-corrected chi connectivity index (χ1v) is 23.8. The second kappa shape index (κ2) is 14.6. The molecule has 4 aromatic carbocycles. The van der Waals surface area contributed by atoms with Crippen molar-refractivity contribution < 1.29 is 0 Å². The van der Waals surface area contributed by atoms with Crippen molar-refractivity contribution in [2.45, 2.75) is 163 Å². The van der Waals surface area contributed by atoms with Gasteiger partial charge in [0, 0.05) is 0 Å². The summed E-state index contributed by atoms with van der Waals surface area (Å²) in [7, 11) is -2.02. The lowest BCUT2D eigenvalue weighted by molar-refractivity contribution is 0.568. The maximum absolute atomic E-state index is 2.73. The van der Waals surface area contributed by atoms with Gasteiger partial charge in [-0.05, 0) is 101 Å². The van der Waals surface area contributed by atoms with Gasteiger partial charge in [-0.3, -0.25) is 0 Å². The Kier molecular flexibility index (Phi) is 10.9. The Balaban J connectivity index is 1.47. The lowest BCUT2D eigenvalue weighted by Gasteiger charge is -2.31. The molecule has 2 aliphatic rings. The largest absolute Gasteiger partial charge is 0.106 e. The fraction of sp³-hybridized carbons (Fsp3) is 0.472. The van der Waals surface area contributed by atoms with Crippen molar-refractivity contribution in [3.05, 3.63) is 128 Å². The predicted molar refractivity (Wildman–Crippen MR) is 242 cm³/mol. The van der Waals surface area contributed by atoms with Gasteiger partial charge in [-0.2, -0.15) is 0 Å². The van der Waals surface area contributed by atoms with Gasteiger partial charge in [0.05, 0.1) is 0 Å². The Morgan fingerprint density at radius 3 is 1.19 bits per heavy atom. The zero-order valence-corrected chi connectivity index (χ0v) is 37.5. The van der Waals surface area contributed by atoms with Gasteiger partial charge in [0.2, 0.25) is 0 Å². The molecule has 0 nitrogen and oxygen atoms in total. The van der Waals surface area contributed by atoms with E-state index in [2.05, 4.69) is 182 Å². The third-order valence-corrected chi connectivity index (χ3v) is 17.5. The SMILES string of the molecule is CCCCCC[Si](C)(C1=Cc2c(cccc2-c2cc(C(C)(C)C)cc(C(C)(C)C)c2)C1)C1=Cc2c(cccc2-c2cc(C(C)(C)C)cc(C(C)(C)C)c2)C1. The summed E-state index contributed by atoms with van der Waals surface area (Å²) >= 11 is 0. The number of fused-ring (bicyclic) bond motifs is 2. The minimum atomic E-state index is -2.02. The van der Waals surface area contributed by atoms with Crippen molar-refractivity contribution in [3.8, 4) is 22.3 Å². The molecule has 4 aromatic rings. The van der Waals surface area contributed by atoms with Gasteiger partial charge in [0.1, 0.15) is 8.07 Å². The van der Waals surface area contributed by atoms with Crippen LogP contribution in [0.1, 0.15) is 160 Å². The standard InChI is InChI=1S/C53H70Si/c1-15-16-17-18-25-54(14,44-30-36-21-19-23-46(48(36)34-44)38-26-40(50(2,3)4)32-41(27-38)51(5,6)7)45-31-37-22-20-24-47(49(37)35-45)39-28-42(52(8,9)10)33-43(29-39)53(11,12)13/h19-24,26-29,32-35H,15-18,25,30-31H2,1-14H3. The Hall–Kier alpha value is -3.42. The summed E-state index contributed by atoms with van der Waals surface area (Å²) in [5.41, 5.74) is 17.6. The van der Waals surface area contributed by atoms with Crippen molar-refractivity contribution in [1.82, 2.24) is 0 Å². The lowest BCUT2D eigenvalue weighted by Crippen LogP contribution is -2.36. The zero-order chi connectivity index (χ0) is 39.4. The molecule has 6 rings (SSSR count). The van der Waals surface area contributed by atoms with Gasteiger partial charge in [-0.1, -0.05) is 224 Å². The van der Waals surface area contributed by atoms with Crippen LogP contribution in [0.2, 0.25) is 12.6 Å². The molecule has 0 fully saturated rings. The number of benzene rings is 4. The van der Waals surface area contributed by atoms with E-state index in [1.165, 1.54) is 98.5 Å². The summed E-state index contributed by atoms with van der Waals surface area (Å²) in [5, 5.41) is 3.46. The molecule has 0 spiro atoms. The van der Waals surface area contributed by atoms with Crippen LogP contribution in [0.4, 0.5) is 0 Å². The molecule has 286 valence electrons. The Morgan fingerprint density at radius 2 is 0.852 bits per heavy atom. The normalized spacial score (nSPS) is 14.9. The van der Waals surface area contributed by atoms with Crippen molar-refractivity contribution in [3.63, 3.8) is 0 Å². The van der Waals surface area contributed by atoms with Crippen LogP contribution >= 0.6 is 0 Å². The van der Waals surface area contributed by atoms with Crippen LogP contribution in [0.5, 0.6) is 0 Å². The molecular weight excluding hydrogens is 665 g/mol. The molecule has 2 aliphatic carbocycles. The minimum absolute atomic E-state index is 0.0874. The number of rotatable bonds is 9. The van der Waals surface area contributed by atoms with Gasteiger partial charge >= 0.3 is 0 Å². The molecule has 0 bridgehead atoms. The highest BCUT2D eigenvalue weighted by atomic mass is 28.3. The first-order chi connectivity index (χ1) is 25.1. The predicted octanol–water partition coefficient (Wildman–Crippen LogP) is 15.5. The average molecular weight is 735 g/mol. The zero-order valence-electron chi connectivity index (χ0n) is 36.5. The molecule has 0 heterocycles. The van der Waals surface area contributed by atoms with E-state index in [1.54, 1.807) is 10.4 Å². The second-order valence-corrected chi connectivity index (χ2v) is 25.6. The van der Waals surface area contributed by atoms with Crippen LogP contribution in [0, 0.1) is 0 Å². The van der Waals surface area contributed by atoms with Gasteiger partial charge in [-0.15, -0.1) is 0 Å². The molecular formula is C53H70Si. The fourth-order valence-electron chi connectivity index (χ4n) is 8.68. The van der Waals surface area contributed by atoms with Gasteiger partial charge in [0.15, 0.2) is 0 Å². The van der Waals surface area contributed by atoms with E-state index >= 15 is 0 Å². The quantitative estimate of drug-likeness (QED) is 0.119. The molecule has 1 heteroatoms. The molecule has 0 unspecified atom stereocenters. The summed E-state index contributed by atoms with van der Waals surface area (Å²) in [6.45, 7) is 33.3. The Morgan fingerprint density at radius 1 is 0.481 bits per heavy atom. The molecule has 0 saturated carbocycles. The Labute approximate surface area is 331 Å². The van der Waals surface area contributed by atoms with E-state index in [1.807, 2.05) is 0 Å². The third kappa shape index (κ3) is 8.23. The number of hydrogen-bond acceptors (Lipinski definition) is 0. The molecule has 0 radical (unpaired) electrons. The van der Waals surface area contributed by atoms with Crippen LogP contribution < -0.4 is 0 Å². The number of hydrogen-bond donors (Lipinski definition) is 0. The van der Waals surface area contributed by atoms with Crippen molar-refractivity contribution >= 4 is 20.2 Å². The lowest BCUT2D eigenvalue weighted by atomic mass is 9.78. The molecule has 0 saturated heterocycles. The monoisotopic (exact) mass is 735 g/mol. The van der Waals surface area contributed by atoms with E-state index in [-0.39, 0.29) is 21.7 Å². The highest BCUT2D eigenvalue weighted by Gasteiger charge is 2.40. The minimum Gasteiger partial charge on any atom is -0.0712 e. The Bertz CT molecular complexity index is 1880. The smallest absolute Gasteiger partial charge is 0.0712 e. The fourth-order valence-corrected chi connectivity index (χ4v) is 12.8. The van der Waals surface area contributed by atoms with E-state index < -0.39 is 8.07 Å². The highest BCUT2D eigenvalue weighted by Crippen LogP contribution is 2.47. The summed E-state index contributed by atoms with van der Waals surface area (Å²) < 4.78 is 0. The molecule has 0 amide bonds. The van der Waals surface area contributed by atoms with Gasteiger partial charge < -0.3 is 0 Å². The van der Waals surface area contributed by atoms with E-state index in [0.29, 0.717) is 0 Å². The van der Waals surface area contributed by atoms with Crippen molar-refractivity contribution in [1.29, 1.82) is 0 Å². The maximum atomic E-state index is 2.73. The summed E-state index contributed by atoms with van der Waals surface area (Å²) in [5.74, 6) is 0. The van der Waals surface area contributed by atoms with Crippen molar-refractivity contribution in [2.75, 3.05) is 0 Å². The third-order valence-electron chi connectivity index (χ3n) is 12.7. The molecule has 0 atom stereocenters. The van der Waals surface area contributed by atoms with Crippen LogP contribution in [-0.2, 0) is 34.5 Å². The number of allylic oxidation sites excluding steroid dienone is 2. The van der Waals surface area contributed by atoms with Crippen LogP contribution in [0.25, 0.3) is 34.4 Å². The second-order valence-electron chi connectivity index (χ2n) is 21.2. The molecule has 54 heavy (non-hydrogen) atoms. The van der Waals surface area contributed by atoms with Gasteiger partial charge in [-0.25, -0.2) is 0 Å². The summed E-state index contributed by atoms with van der Waals surface area (Å²) in [6, 6.07) is 30.4. The summed E-state index contributed by atoms with van der Waals surface area (Å²) in [6.07, 6.45) is 12.8. The topological polar surface area (TPSA) is 0 Å². The first-order valence-electron chi connectivity index (χ1n) is 21.1. The van der Waals surface area contributed by atoms with E-state index in [4.69, 9.17) is 0 Å². The molecule has 0 aliphatic heterocycles. The maximum Gasteiger partial charge on any atom is 0.106 e. The van der Waals surface area contributed by atoms with Crippen LogP contribution in [0.3, 0.4) is 0 Å².